The number of ether oxygens (including phenoxy) is 1. The average molecular weight is 404 g/mol. The molecule has 0 amide bonds. The topological polar surface area (TPSA) is 55.6 Å². The van der Waals surface area contributed by atoms with Gasteiger partial charge in [0.25, 0.3) is 5.69 Å². The molecule has 5 nitrogen and oxygen atoms in total. The van der Waals surface area contributed by atoms with E-state index in [1.165, 1.54) is 11.6 Å². The molecule has 0 spiro atoms. The highest BCUT2D eigenvalue weighted by atomic mass is 32.1. The first-order valence-electron chi connectivity index (χ1n) is 9.47. The number of nitro groups is 1. The van der Waals surface area contributed by atoms with Gasteiger partial charge in [0.2, 0.25) is 5.72 Å². The summed E-state index contributed by atoms with van der Waals surface area (Å²) in [6.45, 7) is 4.94. The molecule has 0 saturated carbocycles. The van der Waals surface area contributed by atoms with E-state index in [0.29, 0.717) is 12.3 Å². The van der Waals surface area contributed by atoms with Crippen LogP contribution >= 0.6 is 11.3 Å². The van der Waals surface area contributed by atoms with Crippen molar-refractivity contribution in [1.82, 2.24) is 0 Å². The third-order valence-electron chi connectivity index (χ3n) is 6.06. The van der Waals surface area contributed by atoms with Gasteiger partial charge in [0.1, 0.15) is 5.75 Å². The van der Waals surface area contributed by atoms with E-state index in [2.05, 4.69) is 59.9 Å². The number of hydrogen-bond donors (Lipinski definition) is 0. The van der Waals surface area contributed by atoms with Crippen LogP contribution in [0, 0.1) is 10.1 Å². The number of non-ortho nitro benzene ring substituents is 1. The molecule has 3 aromatic rings. The first-order valence-corrected chi connectivity index (χ1v) is 10.4. The fourth-order valence-corrected chi connectivity index (χ4v) is 5.11. The van der Waals surface area contributed by atoms with Crippen molar-refractivity contribution in [3.05, 3.63) is 92.2 Å². The number of anilines is 1. The molecule has 1 unspecified atom stereocenters. The second kappa shape index (κ2) is 6.19. The minimum Gasteiger partial charge on any atom is -0.463 e. The van der Waals surface area contributed by atoms with Gasteiger partial charge in [-0.25, -0.2) is 0 Å². The predicted octanol–water partition coefficient (Wildman–Crippen LogP) is 5.76. The highest BCUT2D eigenvalue weighted by Gasteiger charge is 2.59. The van der Waals surface area contributed by atoms with Crippen LogP contribution in [-0.2, 0) is 12.0 Å². The molecule has 2 aliphatic heterocycles. The van der Waals surface area contributed by atoms with Gasteiger partial charge in [0.15, 0.2) is 0 Å². The number of nitro benzene ring substituents is 1. The second-order valence-electron chi connectivity index (χ2n) is 7.97. The first-order chi connectivity index (χ1) is 13.9. The van der Waals surface area contributed by atoms with Crippen molar-refractivity contribution in [2.24, 2.45) is 0 Å². The van der Waals surface area contributed by atoms with Crippen molar-refractivity contribution < 1.29 is 9.66 Å². The molecule has 0 saturated heterocycles. The molecule has 1 aromatic heterocycles. The smallest absolute Gasteiger partial charge is 0.270 e. The number of rotatable bonds is 3. The maximum Gasteiger partial charge on any atom is 0.270 e. The van der Waals surface area contributed by atoms with Gasteiger partial charge in [-0.1, -0.05) is 24.3 Å². The largest absolute Gasteiger partial charge is 0.463 e. The van der Waals surface area contributed by atoms with E-state index < -0.39 is 5.72 Å². The Kier molecular flexibility index (Phi) is 3.83. The second-order valence-corrected chi connectivity index (χ2v) is 8.75. The zero-order valence-electron chi connectivity index (χ0n) is 16.2. The Labute approximate surface area is 173 Å². The monoisotopic (exact) mass is 404 g/mol. The lowest BCUT2D eigenvalue weighted by Crippen LogP contribution is -2.60. The molecule has 2 aliphatic rings. The number of nitrogens with zero attached hydrogens (tertiary/aromatic N) is 2. The molecule has 3 heterocycles. The Morgan fingerprint density at radius 2 is 2.03 bits per heavy atom. The summed E-state index contributed by atoms with van der Waals surface area (Å²) in [5.74, 6) is 0.697. The van der Waals surface area contributed by atoms with E-state index in [1.54, 1.807) is 23.5 Å². The van der Waals surface area contributed by atoms with Crippen molar-refractivity contribution in [2.45, 2.75) is 31.5 Å². The zero-order chi connectivity index (χ0) is 20.2. The Morgan fingerprint density at radius 3 is 2.79 bits per heavy atom. The van der Waals surface area contributed by atoms with Gasteiger partial charge in [0, 0.05) is 23.4 Å². The molecule has 0 bridgehead atoms. The van der Waals surface area contributed by atoms with Crippen LogP contribution in [-0.4, -0.2) is 10.6 Å². The highest BCUT2D eigenvalue weighted by Crippen LogP contribution is 2.56. The number of fused-ring (bicyclic) bond motifs is 4. The van der Waals surface area contributed by atoms with Gasteiger partial charge in [-0.05, 0) is 60.0 Å². The average Bonchev–Trinajstić information content (AvgIpc) is 3.30. The van der Waals surface area contributed by atoms with Crippen molar-refractivity contribution in [2.75, 3.05) is 4.90 Å². The number of thiophene rings is 1. The van der Waals surface area contributed by atoms with E-state index in [4.69, 9.17) is 4.74 Å². The lowest BCUT2D eigenvalue weighted by molar-refractivity contribution is -0.385. The van der Waals surface area contributed by atoms with Crippen molar-refractivity contribution >= 4 is 28.8 Å². The Balaban J connectivity index is 1.70. The van der Waals surface area contributed by atoms with Crippen LogP contribution in [0.2, 0.25) is 0 Å². The maximum atomic E-state index is 11.3. The van der Waals surface area contributed by atoms with Crippen LogP contribution in [0.3, 0.4) is 0 Å². The standard InChI is InChI=1S/C23H20N2O3S/c1-22(2)19-5-3-4-6-20(19)24-14-17-13-18(25(26)27)7-8-21(17)28-23(22,24)11-9-16-10-12-29-15-16/h3-13,15H,14H2,1-2H3/b11-9+. The molecule has 5 rings (SSSR count). The molecule has 0 fully saturated rings. The van der Waals surface area contributed by atoms with E-state index in [1.807, 2.05) is 12.1 Å². The van der Waals surface area contributed by atoms with Crippen molar-refractivity contribution in [3.8, 4) is 5.75 Å². The Hall–Kier alpha value is -3.12. The maximum absolute atomic E-state index is 11.3. The van der Waals surface area contributed by atoms with Crippen molar-refractivity contribution in [1.29, 1.82) is 0 Å². The molecule has 0 N–H and O–H groups in total. The Bertz CT molecular complexity index is 1140. The molecular formula is C23H20N2O3S. The van der Waals surface area contributed by atoms with Gasteiger partial charge in [-0.3, -0.25) is 10.1 Å². The number of benzene rings is 2. The number of hydrogen-bond acceptors (Lipinski definition) is 5. The molecule has 1 atom stereocenters. The SMILES string of the molecule is CC1(C)c2ccccc2N2Cc3cc([N+](=O)[O-])ccc3OC21/C=C/c1ccsc1. The fraction of sp³-hybridized carbons (Fsp3) is 0.217. The molecule has 29 heavy (non-hydrogen) atoms. The summed E-state index contributed by atoms with van der Waals surface area (Å²) in [4.78, 5) is 13.1. The van der Waals surface area contributed by atoms with Crippen LogP contribution in [0.25, 0.3) is 6.08 Å². The van der Waals surface area contributed by atoms with Crippen LogP contribution in [0.15, 0.2) is 65.4 Å². The van der Waals surface area contributed by atoms with E-state index in [0.717, 1.165) is 16.8 Å². The van der Waals surface area contributed by atoms with Crippen molar-refractivity contribution in [3.63, 3.8) is 0 Å². The van der Waals surface area contributed by atoms with Crippen LogP contribution < -0.4 is 9.64 Å². The summed E-state index contributed by atoms with van der Waals surface area (Å²) in [5, 5.41) is 15.4. The van der Waals surface area contributed by atoms with Gasteiger partial charge < -0.3 is 9.64 Å². The molecule has 146 valence electrons. The summed E-state index contributed by atoms with van der Waals surface area (Å²) in [6, 6.07) is 15.3. The van der Waals surface area contributed by atoms with Crippen LogP contribution in [0.4, 0.5) is 11.4 Å². The first kappa shape index (κ1) is 17.9. The van der Waals surface area contributed by atoms with Gasteiger partial charge in [-0.2, -0.15) is 11.3 Å². The Morgan fingerprint density at radius 1 is 1.21 bits per heavy atom. The zero-order valence-corrected chi connectivity index (χ0v) is 17.0. The third kappa shape index (κ3) is 2.52. The lowest BCUT2D eigenvalue weighted by atomic mass is 9.76. The summed E-state index contributed by atoms with van der Waals surface area (Å²) < 4.78 is 6.69. The van der Waals surface area contributed by atoms with Crippen LogP contribution in [0.1, 0.15) is 30.5 Å². The molecule has 0 radical (unpaired) electrons. The normalized spacial score (nSPS) is 21.4. The highest BCUT2D eigenvalue weighted by molar-refractivity contribution is 7.08. The third-order valence-corrected chi connectivity index (χ3v) is 6.76. The summed E-state index contributed by atoms with van der Waals surface area (Å²) in [6.07, 6.45) is 4.24. The van der Waals surface area contributed by atoms with Crippen LogP contribution in [0.5, 0.6) is 5.75 Å². The van der Waals surface area contributed by atoms with Gasteiger partial charge in [0.05, 0.1) is 16.9 Å². The fourth-order valence-electron chi connectivity index (χ4n) is 4.48. The van der Waals surface area contributed by atoms with E-state index >= 15 is 0 Å². The van der Waals surface area contributed by atoms with E-state index in [9.17, 15) is 10.1 Å². The summed E-state index contributed by atoms with van der Waals surface area (Å²) in [7, 11) is 0. The van der Waals surface area contributed by atoms with E-state index in [-0.39, 0.29) is 16.0 Å². The summed E-state index contributed by atoms with van der Waals surface area (Å²) in [5.41, 5.74) is 3.31. The molecular weight excluding hydrogens is 384 g/mol. The minimum absolute atomic E-state index is 0.0837. The lowest BCUT2D eigenvalue weighted by Gasteiger charge is -2.48. The minimum atomic E-state index is -0.720. The number of para-hydroxylation sites is 1. The summed E-state index contributed by atoms with van der Waals surface area (Å²) >= 11 is 1.66. The van der Waals surface area contributed by atoms with Gasteiger partial charge in [-0.15, -0.1) is 0 Å². The molecule has 6 heteroatoms. The predicted molar refractivity (Wildman–Crippen MR) is 115 cm³/mol. The quantitative estimate of drug-likeness (QED) is 0.412. The molecule has 2 aromatic carbocycles. The van der Waals surface area contributed by atoms with Gasteiger partial charge >= 0.3 is 0 Å². The molecule has 0 aliphatic carbocycles.